The highest BCUT2D eigenvalue weighted by molar-refractivity contribution is 6.31. The normalized spacial score (nSPS) is 17.7. The van der Waals surface area contributed by atoms with Gasteiger partial charge in [-0.15, -0.1) is 0 Å². The predicted molar refractivity (Wildman–Crippen MR) is 79.5 cm³/mol. The zero-order chi connectivity index (χ0) is 13.9. The van der Waals surface area contributed by atoms with Crippen molar-refractivity contribution < 1.29 is 4.74 Å². The van der Waals surface area contributed by atoms with Crippen molar-refractivity contribution in [1.29, 1.82) is 0 Å². The Kier molecular flexibility index (Phi) is 4.85. The molecule has 2 rings (SSSR count). The average molecular weight is 283 g/mol. The number of rotatable bonds is 4. The smallest absolute Gasteiger partial charge is 0.0594 e. The maximum atomic E-state index is 6.38. The van der Waals surface area contributed by atoms with Gasteiger partial charge in [0.1, 0.15) is 0 Å². The molecule has 1 heterocycles. The Morgan fingerprint density at radius 2 is 2.00 bits per heavy atom. The fraction of sp³-hybridized carbons (Fsp3) is 0.600. The van der Waals surface area contributed by atoms with E-state index in [4.69, 9.17) is 22.1 Å². The molecule has 1 aliphatic heterocycles. The zero-order valence-electron chi connectivity index (χ0n) is 11.8. The van der Waals surface area contributed by atoms with Gasteiger partial charge in [0.2, 0.25) is 0 Å². The number of halogens is 1. The summed E-state index contributed by atoms with van der Waals surface area (Å²) in [6, 6.07) is 6.31. The van der Waals surface area contributed by atoms with E-state index in [1.807, 2.05) is 19.9 Å². The summed E-state index contributed by atoms with van der Waals surface area (Å²) in [4.78, 5) is 2.37. The van der Waals surface area contributed by atoms with Crippen LogP contribution in [-0.4, -0.2) is 36.7 Å². The van der Waals surface area contributed by atoms with E-state index < -0.39 is 0 Å². The lowest BCUT2D eigenvalue weighted by Crippen LogP contribution is -2.35. The molecule has 1 saturated heterocycles. The summed E-state index contributed by atoms with van der Waals surface area (Å²) in [5, 5.41) is 0.841. The topological polar surface area (TPSA) is 38.5 Å². The molecule has 0 amide bonds. The Balaban J connectivity index is 2.02. The molecule has 0 aromatic heterocycles. The first-order valence-electron chi connectivity index (χ1n) is 6.80. The number of nitrogens with two attached hydrogens (primary N) is 1. The van der Waals surface area contributed by atoms with Gasteiger partial charge in [0, 0.05) is 30.2 Å². The van der Waals surface area contributed by atoms with Crippen molar-refractivity contribution in [3.63, 3.8) is 0 Å². The van der Waals surface area contributed by atoms with Gasteiger partial charge in [-0.25, -0.2) is 0 Å². The van der Waals surface area contributed by atoms with Crippen LogP contribution in [0, 0.1) is 0 Å². The molecule has 106 valence electrons. The Morgan fingerprint density at radius 3 is 2.58 bits per heavy atom. The standard InChI is InChI=1S/C15H23ClN2O/c1-15(2,17)10-12-3-4-13(14(16)9-12)11-18-5-7-19-8-6-18/h3-4,9H,5-8,10-11,17H2,1-2H3. The SMILES string of the molecule is CC(C)(N)Cc1ccc(CN2CCOCC2)c(Cl)c1. The number of hydrogen-bond donors (Lipinski definition) is 1. The largest absolute Gasteiger partial charge is 0.379 e. The van der Waals surface area contributed by atoms with E-state index in [9.17, 15) is 0 Å². The minimum Gasteiger partial charge on any atom is -0.379 e. The first kappa shape index (κ1) is 14.8. The second-order valence-electron chi connectivity index (χ2n) is 5.98. The van der Waals surface area contributed by atoms with Crippen LogP contribution < -0.4 is 5.73 Å². The van der Waals surface area contributed by atoms with Crippen molar-refractivity contribution in [3.8, 4) is 0 Å². The van der Waals surface area contributed by atoms with Crippen molar-refractivity contribution in [2.75, 3.05) is 26.3 Å². The fourth-order valence-electron chi connectivity index (χ4n) is 2.36. The zero-order valence-corrected chi connectivity index (χ0v) is 12.5. The van der Waals surface area contributed by atoms with Gasteiger partial charge in [-0.05, 0) is 37.5 Å². The van der Waals surface area contributed by atoms with E-state index >= 15 is 0 Å². The third kappa shape index (κ3) is 4.77. The van der Waals surface area contributed by atoms with Crippen LogP contribution in [0.4, 0.5) is 0 Å². The molecular formula is C15H23ClN2O. The predicted octanol–water partition coefficient (Wildman–Crippen LogP) is 2.45. The molecule has 2 N–H and O–H groups in total. The number of benzene rings is 1. The van der Waals surface area contributed by atoms with Crippen molar-refractivity contribution >= 4 is 11.6 Å². The highest BCUT2D eigenvalue weighted by Crippen LogP contribution is 2.22. The molecule has 0 radical (unpaired) electrons. The molecule has 0 bridgehead atoms. The Hall–Kier alpha value is -0.610. The van der Waals surface area contributed by atoms with Crippen molar-refractivity contribution in [2.24, 2.45) is 5.73 Å². The number of morpholine rings is 1. The third-order valence-electron chi connectivity index (χ3n) is 3.27. The van der Waals surface area contributed by atoms with Gasteiger partial charge in [0.15, 0.2) is 0 Å². The Morgan fingerprint density at radius 1 is 1.32 bits per heavy atom. The van der Waals surface area contributed by atoms with Crippen LogP contribution in [0.3, 0.4) is 0 Å². The summed E-state index contributed by atoms with van der Waals surface area (Å²) >= 11 is 6.38. The summed E-state index contributed by atoms with van der Waals surface area (Å²) in [6.07, 6.45) is 0.838. The van der Waals surface area contributed by atoms with Crippen molar-refractivity contribution in [3.05, 3.63) is 34.3 Å². The van der Waals surface area contributed by atoms with E-state index in [1.165, 1.54) is 11.1 Å². The molecular weight excluding hydrogens is 260 g/mol. The molecule has 0 unspecified atom stereocenters. The minimum atomic E-state index is -0.199. The van der Waals surface area contributed by atoms with Crippen LogP contribution in [0.2, 0.25) is 5.02 Å². The fourth-order valence-corrected chi connectivity index (χ4v) is 2.62. The average Bonchev–Trinajstić information content (AvgIpc) is 2.32. The molecule has 0 spiro atoms. The second kappa shape index (κ2) is 6.23. The highest BCUT2D eigenvalue weighted by Gasteiger charge is 2.15. The lowest BCUT2D eigenvalue weighted by molar-refractivity contribution is 0.0342. The summed E-state index contributed by atoms with van der Waals surface area (Å²) in [7, 11) is 0. The molecule has 4 heteroatoms. The summed E-state index contributed by atoms with van der Waals surface area (Å²) in [5.74, 6) is 0. The Bertz CT molecular complexity index is 423. The first-order valence-corrected chi connectivity index (χ1v) is 7.18. The van der Waals surface area contributed by atoms with Gasteiger partial charge < -0.3 is 10.5 Å². The molecule has 3 nitrogen and oxygen atoms in total. The van der Waals surface area contributed by atoms with Gasteiger partial charge in [-0.2, -0.15) is 0 Å². The number of nitrogens with zero attached hydrogens (tertiary/aromatic N) is 1. The van der Waals surface area contributed by atoms with Gasteiger partial charge in [-0.1, -0.05) is 23.7 Å². The summed E-state index contributed by atoms with van der Waals surface area (Å²) in [5.41, 5.74) is 8.22. The Labute approximate surface area is 120 Å². The molecule has 1 fully saturated rings. The monoisotopic (exact) mass is 282 g/mol. The molecule has 1 aromatic carbocycles. The third-order valence-corrected chi connectivity index (χ3v) is 3.63. The van der Waals surface area contributed by atoms with Crippen molar-refractivity contribution in [1.82, 2.24) is 4.90 Å². The summed E-state index contributed by atoms with van der Waals surface area (Å²) < 4.78 is 5.35. The summed E-state index contributed by atoms with van der Waals surface area (Å²) in [6.45, 7) is 8.55. The second-order valence-corrected chi connectivity index (χ2v) is 6.39. The molecule has 0 aliphatic carbocycles. The van der Waals surface area contributed by atoms with E-state index in [1.54, 1.807) is 0 Å². The minimum absolute atomic E-state index is 0.199. The van der Waals surface area contributed by atoms with Crippen LogP contribution in [0.5, 0.6) is 0 Å². The molecule has 1 aromatic rings. The van der Waals surface area contributed by atoms with Crippen LogP contribution in [-0.2, 0) is 17.7 Å². The molecule has 1 aliphatic rings. The van der Waals surface area contributed by atoms with Gasteiger partial charge in [0.05, 0.1) is 13.2 Å². The van der Waals surface area contributed by atoms with Gasteiger partial charge in [0.25, 0.3) is 0 Å². The van der Waals surface area contributed by atoms with E-state index in [0.29, 0.717) is 0 Å². The quantitative estimate of drug-likeness (QED) is 0.922. The molecule has 0 atom stereocenters. The number of ether oxygens (including phenoxy) is 1. The van der Waals surface area contributed by atoms with Crippen LogP contribution >= 0.6 is 11.6 Å². The van der Waals surface area contributed by atoms with Gasteiger partial charge >= 0.3 is 0 Å². The van der Waals surface area contributed by atoms with Gasteiger partial charge in [-0.3, -0.25) is 4.90 Å². The van der Waals surface area contributed by atoms with E-state index in [2.05, 4.69) is 17.0 Å². The highest BCUT2D eigenvalue weighted by atomic mass is 35.5. The van der Waals surface area contributed by atoms with E-state index in [-0.39, 0.29) is 5.54 Å². The first-order chi connectivity index (χ1) is 8.94. The maximum Gasteiger partial charge on any atom is 0.0594 e. The maximum absolute atomic E-state index is 6.38. The van der Waals surface area contributed by atoms with Crippen molar-refractivity contribution in [2.45, 2.75) is 32.4 Å². The van der Waals surface area contributed by atoms with E-state index in [0.717, 1.165) is 44.3 Å². The van der Waals surface area contributed by atoms with Crippen LogP contribution in [0.15, 0.2) is 18.2 Å². The number of hydrogen-bond acceptors (Lipinski definition) is 3. The van der Waals surface area contributed by atoms with Crippen LogP contribution in [0.25, 0.3) is 0 Å². The van der Waals surface area contributed by atoms with Crippen LogP contribution in [0.1, 0.15) is 25.0 Å². The molecule has 0 saturated carbocycles. The lowest BCUT2D eigenvalue weighted by atomic mass is 9.95. The lowest BCUT2D eigenvalue weighted by Gasteiger charge is -2.27. The molecule has 19 heavy (non-hydrogen) atoms.